The highest BCUT2D eigenvalue weighted by Crippen LogP contribution is 2.25. The van der Waals surface area contributed by atoms with Crippen LogP contribution in [0.5, 0.6) is 0 Å². The second kappa shape index (κ2) is 11.6. The molecule has 190 valence electrons. The third-order valence-electron chi connectivity index (χ3n) is 5.42. The molecule has 0 aliphatic carbocycles. The van der Waals surface area contributed by atoms with Crippen LogP contribution >= 0.6 is 0 Å². The van der Waals surface area contributed by atoms with E-state index in [1.54, 1.807) is 19.1 Å². The van der Waals surface area contributed by atoms with Crippen LogP contribution in [0.4, 0.5) is 4.79 Å². The molecule has 10 heteroatoms. The molecule has 0 unspecified atom stereocenters. The van der Waals surface area contributed by atoms with Crippen LogP contribution in [0.25, 0.3) is 11.4 Å². The number of pyridine rings is 1. The van der Waals surface area contributed by atoms with Crippen LogP contribution in [0.1, 0.15) is 45.5 Å². The molecule has 1 amide bonds. The third-order valence-corrected chi connectivity index (χ3v) is 7.25. The first kappa shape index (κ1) is 26.6. The second-order valence-electron chi connectivity index (χ2n) is 8.75. The summed E-state index contributed by atoms with van der Waals surface area (Å²) in [5.74, 6) is 0.874. The van der Waals surface area contributed by atoms with Gasteiger partial charge in [-0.05, 0) is 56.9 Å². The Kier molecular flexibility index (Phi) is 8.85. The quantitative estimate of drug-likeness (QED) is 0.384. The van der Waals surface area contributed by atoms with Gasteiger partial charge < -0.3 is 14.0 Å². The Bertz CT molecular complexity index is 1190. The number of hydrogen-bond donors (Lipinski definition) is 0. The molecule has 0 saturated heterocycles. The van der Waals surface area contributed by atoms with E-state index in [2.05, 4.69) is 9.97 Å². The Hall–Kier alpha value is -2.98. The van der Waals surface area contributed by atoms with Gasteiger partial charge in [-0.3, -0.25) is 0 Å². The standard InChI is InChI=1S/C25H34N4O5S/c1-6-33-17-21(14-18(3)4)29(25(30)34-7-2)35(31,32)22-10-8-20(9-11-22)15-28-13-12-23-24(16-28)27-19(5)26-23/h8-13,16,18,21H,6-7,14-15,17H2,1-5H3/t21-/m0/s1. The Balaban J connectivity index is 1.87. The Morgan fingerprint density at radius 3 is 2.37 bits per heavy atom. The molecule has 1 atom stereocenters. The third kappa shape index (κ3) is 6.58. The molecule has 0 fully saturated rings. The number of sulfonamides is 1. The molecule has 9 nitrogen and oxygen atoms in total. The number of imidazole rings is 1. The molecule has 2 aliphatic rings. The summed E-state index contributed by atoms with van der Waals surface area (Å²) in [6, 6.07) is 7.77. The number of ether oxygens (including phenoxy) is 2. The van der Waals surface area contributed by atoms with Crippen molar-refractivity contribution in [3.63, 3.8) is 0 Å². The van der Waals surface area contributed by atoms with Gasteiger partial charge in [-0.25, -0.2) is 23.2 Å². The average molecular weight is 503 g/mol. The van der Waals surface area contributed by atoms with Crippen molar-refractivity contribution in [1.82, 2.24) is 18.8 Å². The number of fused-ring (bicyclic) bond motifs is 1. The maximum absolute atomic E-state index is 13.6. The SMILES string of the molecule is CCOC[C@H](CC(C)C)N(C(=O)OCC)S(=O)(=O)c1ccc(Cn2ccc3nc(C)nc-3c2)cc1. The van der Waals surface area contributed by atoms with E-state index in [1.165, 1.54) is 12.1 Å². The summed E-state index contributed by atoms with van der Waals surface area (Å²) < 4.78 is 40.7. The van der Waals surface area contributed by atoms with E-state index in [4.69, 9.17) is 9.47 Å². The van der Waals surface area contributed by atoms with Crippen LogP contribution in [0.15, 0.2) is 47.6 Å². The summed E-state index contributed by atoms with van der Waals surface area (Å²) in [4.78, 5) is 21.6. The normalized spacial score (nSPS) is 12.7. The number of carbonyl (C=O) groups excluding carboxylic acids is 1. The van der Waals surface area contributed by atoms with Gasteiger partial charge in [-0.2, -0.15) is 4.31 Å². The fourth-order valence-electron chi connectivity index (χ4n) is 3.92. The molecule has 1 aromatic carbocycles. The van der Waals surface area contributed by atoms with E-state index < -0.39 is 22.2 Å². The summed E-state index contributed by atoms with van der Waals surface area (Å²) in [5, 5.41) is 0. The number of aryl methyl sites for hydroxylation is 1. The number of nitrogens with zero attached hydrogens (tertiary/aromatic N) is 4. The molecular weight excluding hydrogens is 468 g/mol. The van der Waals surface area contributed by atoms with E-state index in [-0.39, 0.29) is 24.0 Å². The van der Waals surface area contributed by atoms with E-state index in [0.717, 1.165) is 27.1 Å². The molecule has 1 aromatic rings. The minimum Gasteiger partial charge on any atom is -0.449 e. The van der Waals surface area contributed by atoms with Crippen molar-refractivity contribution in [1.29, 1.82) is 0 Å². The highest BCUT2D eigenvalue weighted by atomic mass is 32.2. The summed E-state index contributed by atoms with van der Waals surface area (Å²) in [5.41, 5.74) is 2.54. The number of hydrogen-bond acceptors (Lipinski definition) is 7. The fraction of sp³-hybridized carbons (Fsp3) is 0.480. The van der Waals surface area contributed by atoms with Gasteiger partial charge in [-0.1, -0.05) is 26.0 Å². The second-order valence-corrected chi connectivity index (χ2v) is 10.6. The Labute approximate surface area is 207 Å². The molecule has 3 rings (SSSR count). The number of rotatable bonds is 11. The molecule has 0 saturated carbocycles. The minimum atomic E-state index is -4.16. The molecule has 2 heterocycles. The average Bonchev–Trinajstić information content (AvgIpc) is 3.17. The topological polar surface area (TPSA) is 104 Å². The lowest BCUT2D eigenvalue weighted by atomic mass is 10.0. The van der Waals surface area contributed by atoms with Crippen molar-refractivity contribution in [3.05, 3.63) is 54.1 Å². The lowest BCUT2D eigenvalue weighted by molar-refractivity contribution is 0.0719. The monoisotopic (exact) mass is 502 g/mol. The number of benzene rings is 1. The van der Waals surface area contributed by atoms with Crippen molar-refractivity contribution in [2.24, 2.45) is 5.92 Å². The molecular formula is C25H34N4O5S. The van der Waals surface area contributed by atoms with E-state index in [0.29, 0.717) is 19.6 Å². The van der Waals surface area contributed by atoms with Crippen LogP contribution in [0.3, 0.4) is 0 Å². The lowest BCUT2D eigenvalue weighted by Crippen LogP contribution is -2.47. The van der Waals surface area contributed by atoms with Crippen molar-refractivity contribution < 1.29 is 22.7 Å². The van der Waals surface area contributed by atoms with E-state index >= 15 is 0 Å². The van der Waals surface area contributed by atoms with Gasteiger partial charge in [0.1, 0.15) is 11.5 Å². The van der Waals surface area contributed by atoms with Crippen molar-refractivity contribution in [2.75, 3.05) is 19.8 Å². The highest BCUT2D eigenvalue weighted by Gasteiger charge is 2.37. The zero-order chi connectivity index (χ0) is 25.6. The van der Waals surface area contributed by atoms with Crippen LogP contribution < -0.4 is 0 Å². The fourth-order valence-corrected chi connectivity index (χ4v) is 5.42. The van der Waals surface area contributed by atoms with Crippen LogP contribution in [0, 0.1) is 12.8 Å². The lowest BCUT2D eigenvalue weighted by Gasteiger charge is -2.31. The maximum atomic E-state index is 13.6. The predicted octanol–water partition coefficient (Wildman–Crippen LogP) is 4.34. The van der Waals surface area contributed by atoms with Crippen LogP contribution in [-0.4, -0.2) is 59.2 Å². The summed E-state index contributed by atoms with van der Waals surface area (Å²) in [6.45, 7) is 10.4. The van der Waals surface area contributed by atoms with Crippen molar-refractivity contribution in [3.8, 4) is 11.4 Å². The first-order valence-corrected chi connectivity index (χ1v) is 13.3. The Morgan fingerprint density at radius 2 is 1.74 bits per heavy atom. The molecule has 0 bridgehead atoms. The van der Waals surface area contributed by atoms with Gasteiger partial charge in [-0.15, -0.1) is 0 Å². The molecule has 2 aliphatic heterocycles. The van der Waals surface area contributed by atoms with Gasteiger partial charge in [0.2, 0.25) is 0 Å². The number of amides is 1. The molecule has 0 radical (unpaired) electrons. The van der Waals surface area contributed by atoms with Crippen molar-refractivity contribution >= 4 is 16.1 Å². The smallest absolute Gasteiger partial charge is 0.424 e. The molecule has 0 spiro atoms. The first-order chi connectivity index (χ1) is 16.6. The summed E-state index contributed by atoms with van der Waals surface area (Å²) in [6.07, 6.45) is 3.39. The molecule has 0 aromatic heterocycles. The summed E-state index contributed by atoms with van der Waals surface area (Å²) >= 11 is 0. The van der Waals surface area contributed by atoms with Gasteiger partial charge in [0.05, 0.1) is 29.8 Å². The van der Waals surface area contributed by atoms with Crippen molar-refractivity contribution in [2.45, 2.75) is 58.5 Å². The van der Waals surface area contributed by atoms with Gasteiger partial charge >= 0.3 is 6.09 Å². The first-order valence-electron chi connectivity index (χ1n) is 11.8. The van der Waals surface area contributed by atoms with Crippen LogP contribution in [-0.2, 0) is 26.0 Å². The highest BCUT2D eigenvalue weighted by molar-refractivity contribution is 7.89. The van der Waals surface area contributed by atoms with Gasteiger partial charge in [0.15, 0.2) is 0 Å². The predicted molar refractivity (Wildman–Crippen MR) is 133 cm³/mol. The Morgan fingerprint density at radius 1 is 1.06 bits per heavy atom. The largest absolute Gasteiger partial charge is 0.449 e. The molecule has 35 heavy (non-hydrogen) atoms. The number of aromatic nitrogens is 3. The van der Waals surface area contributed by atoms with E-state index in [9.17, 15) is 13.2 Å². The minimum absolute atomic E-state index is 0.0255. The van der Waals surface area contributed by atoms with Gasteiger partial charge in [0, 0.05) is 25.5 Å². The maximum Gasteiger partial charge on any atom is 0.424 e. The summed E-state index contributed by atoms with van der Waals surface area (Å²) in [7, 11) is -4.16. The number of carbonyl (C=O) groups is 1. The molecule has 0 N–H and O–H groups in total. The van der Waals surface area contributed by atoms with E-state index in [1.807, 2.05) is 50.7 Å². The van der Waals surface area contributed by atoms with Gasteiger partial charge in [0.25, 0.3) is 10.0 Å². The van der Waals surface area contributed by atoms with Crippen LogP contribution in [0.2, 0.25) is 0 Å². The zero-order valence-corrected chi connectivity index (χ0v) is 21.8. The zero-order valence-electron chi connectivity index (χ0n) is 21.0.